The van der Waals surface area contributed by atoms with Crippen LogP contribution in [0.3, 0.4) is 0 Å². The predicted molar refractivity (Wildman–Crippen MR) is 150 cm³/mol. The van der Waals surface area contributed by atoms with Gasteiger partial charge in [-0.05, 0) is 77.1 Å². The van der Waals surface area contributed by atoms with Crippen LogP contribution in [0.15, 0.2) is 48.7 Å². The van der Waals surface area contributed by atoms with Gasteiger partial charge in [-0.2, -0.15) is 0 Å². The Morgan fingerprint density at radius 3 is 2.63 bits per heavy atom. The molecule has 38 heavy (non-hydrogen) atoms. The molecular weight excluding hydrogens is 498 g/mol. The summed E-state index contributed by atoms with van der Waals surface area (Å²) in [5.41, 5.74) is 6.45. The van der Waals surface area contributed by atoms with E-state index in [4.69, 9.17) is 25.8 Å². The third-order valence-electron chi connectivity index (χ3n) is 8.14. The van der Waals surface area contributed by atoms with E-state index in [2.05, 4.69) is 62.2 Å². The molecule has 1 saturated carbocycles. The van der Waals surface area contributed by atoms with E-state index in [0.717, 1.165) is 60.0 Å². The number of hydrogen-bond acceptors (Lipinski definition) is 5. The largest absolute Gasteiger partial charge is 0.489 e. The number of ether oxygens (including phenoxy) is 3. The Balaban J connectivity index is 1.47. The summed E-state index contributed by atoms with van der Waals surface area (Å²) in [6, 6.07) is 14.6. The van der Waals surface area contributed by atoms with Crippen molar-refractivity contribution in [3.05, 3.63) is 75.9 Å². The van der Waals surface area contributed by atoms with Gasteiger partial charge in [-0.25, -0.2) is 4.98 Å². The van der Waals surface area contributed by atoms with Crippen molar-refractivity contribution < 1.29 is 19.0 Å². The molecule has 1 spiro atoms. The minimum absolute atomic E-state index is 0.0345. The Labute approximate surface area is 230 Å². The number of pyridine rings is 1. The molecule has 0 bridgehead atoms. The number of fused-ring (bicyclic) bond motifs is 2. The highest BCUT2D eigenvalue weighted by atomic mass is 35.5. The first-order chi connectivity index (χ1) is 18.2. The Bertz CT molecular complexity index is 1350. The van der Waals surface area contributed by atoms with Crippen molar-refractivity contribution >= 4 is 17.9 Å². The molecule has 2 aromatic carbocycles. The molecule has 0 unspecified atom stereocenters. The van der Waals surface area contributed by atoms with Gasteiger partial charge < -0.3 is 19.0 Å². The molecule has 6 heteroatoms. The van der Waals surface area contributed by atoms with E-state index in [1.54, 1.807) is 20.4 Å². The summed E-state index contributed by atoms with van der Waals surface area (Å²) in [4.78, 5) is 15.8. The third kappa shape index (κ3) is 4.94. The summed E-state index contributed by atoms with van der Waals surface area (Å²) in [7, 11) is 3.34. The van der Waals surface area contributed by atoms with E-state index in [-0.39, 0.29) is 22.9 Å². The predicted octanol–water partition coefficient (Wildman–Crippen LogP) is 7.52. The fourth-order valence-electron chi connectivity index (χ4n) is 6.18. The SMILES string of the molecule is COc1cc(-c2ccc(COc3ccc4c(c3)[C@]3(CCC4)C[C@H]3C=O)cc2[C@H](OC)C(C)(C)C)c(Cl)cn1. The first kappa shape index (κ1) is 26.7. The normalized spacial score (nSPS) is 21.1. The molecule has 5 nitrogen and oxygen atoms in total. The molecule has 0 saturated heterocycles. The highest BCUT2D eigenvalue weighted by molar-refractivity contribution is 6.33. The lowest BCUT2D eigenvalue weighted by Gasteiger charge is -2.32. The number of benzene rings is 2. The second-order valence-corrected chi connectivity index (χ2v) is 12.1. The highest BCUT2D eigenvalue weighted by Gasteiger charge is 2.56. The minimum atomic E-state index is -0.175. The number of aryl methyl sites for hydroxylation is 1. The fraction of sp³-hybridized carbons (Fsp3) is 0.438. The third-order valence-corrected chi connectivity index (χ3v) is 8.44. The highest BCUT2D eigenvalue weighted by Crippen LogP contribution is 2.59. The number of carbonyl (C=O) groups is 1. The second kappa shape index (κ2) is 10.3. The summed E-state index contributed by atoms with van der Waals surface area (Å²) in [5.74, 6) is 1.49. The maximum Gasteiger partial charge on any atom is 0.213 e. The fourth-order valence-corrected chi connectivity index (χ4v) is 6.39. The van der Waals surface area contributed by atoms with Crippen molar-refractivity contribution in [2.75, 3.05) is 14.2 Å². The van der Waals surface area contributed by atoms with Crippen molar-refractivity contribution in [2.24, 2.45) is 11.3 Å². The molecule has 2 aliphatic carbocycles. The Kier molecular flexibility index (Phi) is 7.27. The van der Waals surface area contributed by atoms with Gasteiger partial charge in [0.25, 0.3) is 0 Å². The molecule has 5 rings (SSSR count). The van der Waals surface area contributed by atoms with Crippen LogP contribution in [0, 0.1) is 11.3 Å². The number of rotatable bonds is 8. The van der Waals surface area contributed by atoms with Crippen LogP contribution in [0.4, 0.5) is 0 Å². The molecule has 0 radical (unpaired) electrons. The van der Waals surface area contributed by atoms with Crippen molar-refractivity contribution in [3.8, 4) is 22.8 Å². The lowest BCUT2D eigenvalue weighted by Crippen LogP contribution is -2.21. The molecular formula is C32H36ClNO4. The molecule has 3 atom stereocenters. The molecule has 1 heterocycles. The standard InChI is InChI=1S/C32H36ClNO4/c1-31(2,3)30(37-5)26-13-20(8-11-24(26)25-15-29(36-4)34-17-28(25)33)19-38-23-10-9-21-7-6-12-32(27(21)14-23)16-22(32)18-35/h8-11,13-15,17-18,22,30H,6-7,12,16,19H2,1-5H3/t22-,30-,32+/m0/s1. The van der Waals surface area contributed by atoms with Crippen LogP contribution < -0.4 is 9.47 Å². The minimum Gasteiger partial charge on any atom is -0.489 e. The van der Waals surface area contributed by atoms with E-state index in [1.165, 1.54) is 11.1 Å². The van der Waals surface area contributed by atoms with E-state index < -0.39 is 0 Å². The van der Waals surface area contributed by atoms with Crippen molar-refractivity contribution in [2.45, 2.75) is 64.6 Å². The molecule has 2 aliphatic rings. The summed E-state index contributed by atoms with van der Waals surface area (Å²) >= 11 is 6.60. The zero-order valence-corrected chi connectivity index (χ0v) is 23.6. The summed E-state index contributed by atoms with van der Waals surface area (Å²) < 4.78 is 17.7. The molecule has 0 aliphatic heterocycles. The van der Waals surface area contributed by atoms with Gasteiger partial charge in [0.15, 0.2) is 0 Å². The van der Waals surface area contributed by atoms with Crippen LogP contribution in [0.5, 0.6) is 11.6 Å². The zero-order chi connectivity index (χ0) is 27.1. The number of carbonyl (C=O) groups excluding carboxylic acids is 1. The quantitative estimate of drug-likeness (QED) is 0.280. The van der Waals surface area contributed by atoms with Crippen LogP contribution in [-0.4, -0.2) is 25.5 Å². The van der Waals surface area contributed by atoms with Crippen molar-refractivity contribution in [1.82, 2.24) is 4.98 Å². The van der Waals surface area contributed by atoms with Gasteiger partial charge in [0, 0.05) is 30.1 Å². The van der Waals surface area contributed by atoms with Crippen LogP contribution in [-0.2, 0) is 28.0 Å². The topological polar surface area (TPSA) is 57.7 Å². The molecule has 3 aromatic rings. The Morgan fingerprint density at radius 2 is 1.95 bits per heavy atom. The number of aldehydes is 1. The Hall–Kier alpha value is -2.89. The van der Waals surface area contributed by atoms with Crippen LogP contribution >= 0.6 is 11.6 Å². The first-order valence-electron chi connectivity index (χ1n) is 13.3. The van der Waals surface area contributed by atoms with Gasteiger partial charge in [0.2, 0.25) is 5.88 Å². The van der Waals surface area contributed by atoms with E-state index in [0.29, 0.717) is 17.5 Å². The number of hydrogen-bond donors (Lipinski definition) is 0. The first-order valence-corrected chi connectivity index (χ1v) is 13.6. The summed E-state index contributed by atoms with van der Waals surface area (Å²) in [5, 5.41) is 0.552. The van der Waals surface area contributed by atoms with Crippen LogP contribution in [0.2, 0.25) is 5.02 Å². The van der Waals surface area contributed by atoms with E-state index in [1.807, 2.05) is 6.07 Å². The molecule has 200 valence electrons. The van der Waals surface area contributed by atoms with Crippen molar-refractivity contribution in [1.29, 1.82) is 0 Å². The monoisotopic (exact) mass is 533 g/mol. The maximum atomic E-state index is 11.6. The van der Waals surface area contributed by atoms with Crippen LogP contribution in [0.1, 0.15) is 68.4 Å². The van der Waals surface area contributed by atoms with E-state index >= 15 is 0 Å². The van der Waals surface area contributed by atoms with E-state index in [9.17, 15) is 4.79 Å². The summed E-state index contributed by atoms with van der Waals surface area (Å²) in [6.07, 6.45) is 6.85. The van der Waals surface area contributed by atoms with Gasteiger partial charge >= 0.3 is 0 Å². The average molecular weight is 534 g/mol. The average Bonchev–Trinajstić information content (AvgIpc) is 3.61. The van der Waals surface area contributed by atoms with Gasteiger partial charge in [0.05, 0.1) is 24.4 Å². The van der Waals surface area contributed by atoms with Crippen LogP contribution in [0.25, 0.3) is 11.1 Å². The molecule has 0 N–H and O–H groups in total. The number of aromatic nitrogens is 1. The number of nitrogens with zero attached hydrogens (tertiary/aromatic N) is 1. The lowest BCUT2D eigenvalue weighted by molar-refractivity contribution is -0.109. The van der Waals surface area contributed by atoms with Crippen molar-refractivity contribution in [3.63, 3.8) is 0 Å². The smallest absolute Gasteiger partial charge is 0.213 e. The number of methoxy groups -OCH3 is 2. The maximum absolute atomic E-state index is 11.6. The second-order valence-electron chi connectivity index (χ2n) is 11.7. The lowest BCUT2D eigenvalue weighted by atomic mass is 9.78. The number of halogens is 1. The molecule has 1 aromatic heterocycles. The zero-order valence-electron chi connectivity index (χ0n) is 22.8. The van der Waals surface area contributed by atoms with Gasteiger partial charge in [-0.3, -0.25) is 0 Å². The van der Waals surface area contributed by atoms with Gasteiger partial charge in [-0.1, -0.05) is 50.6 Å². The Morgan fingerprint density at radius 1 is 1.13 bits per heavy atom. The summed E-state index contributed by atoms with van der Waals surface area (Å²) in [6.45, 7) is 6.91. The molecule has 1 fully saturated rings. The van der Waals surface area contributed by atoms with Gasteiger partial charge in [0.1, 0.15) is 18.6 Å². The molecule has 0 amide bonds. The van der Waals surface area contributed by atoms with Gasteiger partial charge in [-0.15, -0.1) is 0 Å².